The minimum absolute atomic E-state index is 0.621. The Kier molecular flexibility index (Phi) is 3.46. The summed E-state index contributed by atoms with van der Waals surface area (Å²) in [6.45, 7) is 0. The highest BCUT2D eigenvalue weighted by Crippen LogP contribution is 2.31. The molecule has 0 amide bonds. The fraction of sp³-hybridized carbons (Fsp3) is 0.0909. The highest BCUT2D eigenvalue weighted by atomic mass is 79.9. The molecular formula is C11H8BrClOS. The van der Waals surface area contributed by atoms with Gasteiger partial charge in [0.2, 0.25) is 0 Å². The van der Waals surface area contributed by atoms with Crippen molar-refractivity contribution in [2.75, 3.05) is 0 Å². The van der Waals surface area contributed by atoms with Crippen LogP contribution in [-0.4, -0.2) is 5.11 Å². The summed E-state index contributed by atoms with van der Waals surface area (Å²) in [5, 5.41) is 14.6. The van der Waals surface area contributed by atoms with Crippen molar-refractivity contribution in [3.05, 3.63) is 55.6 Å². The molecule has 1 unspecified atom stereocenters. The summed E-state index contributed by atoms with van der Waals surface area (Å²) in [6, 6.07) is 7.30. The Morgan fingerprint density at radius 1 is 1.33 bits per heavy atom. The van der Waals surface area contributed by atoms with Crippen LogP contribution in [0.3, 0.4) is 0 Å². The Labute approximate surface area is 105 Å². The van der Waals surface area contributed by atoms with Gasteiger partial charge in [-0.25, -0.2) is 0 Å². The van der Waals surface area contributed by atoms with Crippen molar-refractivity contribution in [2.24, 2.45) is 0 Å². The summed E-state index contributed by atoms with van der Waals surface area (Å²) in [4.78, 5) is 0. The lowest BCUT2D eigenvalue weighted by atomic mass is 10.0. The standard InChI is InChI=1S/C11H8BrClOS/c12-10-2-1-8(13)5-9(10)11(14)7-3-4-15-6-7/h1-6,11,14H. The molecule has 0 saturated heterocycles. The second-order valence-electron chi connectivity index (χ2n) is 3.13. The van der Waals surface area contributed by atoms with Gasteiger partial charge >= 0.3 is 0 Å². The van der Waals surface area contributed by atoms with E-state index < -0.39 is 6.10 Å². The Morgan fingerprint density at radius 3 is 2.80 bits per heavy atom. The molecule has 1 aromatic carbocycles. The molecule has 78 valence electrons. The summed E-state index contributed by atoms with van der Waals surface area (Å²) in [6.07, 6.45) is -0.621. The number of halogens is 2. The van der Waals surface area contributed by atoms with Gasteiger partial charge in [-0.1, -0.05) is 27.5 Å². The van der Waals surface area contributed by atoms with E-state index in [4.69, 9.17) is 11.6 Å². The van der Waals surface area contributed by atoms with Crippen molar-refractivity contribution in [1.29, 1.82) is 0 Å². The number of hydrogen-bond acceptors (Lipinski definition) is 2. The molecule has 1 N–H and O–H groups in total. The van der Waals surface area contributed by atoms with Gasteiger partial charge in [0.05, 0.1) is 0 Å². The maximum atomic E-state index is 10.1. The zero-order chi connectivity index (χ0) is 10.8. The van der Waals surface area contributed by atoms with Gasteiger partial charge in [0.1, 0.15) is 6.10 Å². The molecule has 15 heavy (non-hydrogen) atoms. The van der Waals surface area contributed by atoms with Gasteiger partial charge in [0, 0.05) is 15.1 Å². The highest BCUT2D eigenvalue weighted by molar-refractivity contribution is 9.10. The molecule has 1 aromatic heterocycles. The van der Waals surface area contributed by atoms with E-state index in [0.29, 0.717) is 5.02 Å². The summed E-state index contributed by atoms with van der Waals surface area (Å²) in [5.74, 6) is 0. The van der Waals surface area contributed by atoms with Gasteiger partial charge in [-0.3, -0.25) is 0 Å². The van der Waals surface area contributed by atoms with E-state index in [1.54, 1.807) is 23.5 Å². The fourth-order valence-corrected chi connectivity index (χ4v) is 2.66. The Balaban J connectivity index is 2.41. The van der Waals surface area contributed by atoms with Crippen molar-refractivity contribution < 1.29 is 5.11 Å². The van der Waals surface area contributed by atoms with Gasteiger partial charge in [0.25, 0.3) is 0 Å². The lowest BCUT2D eigenvalue weighted by Crippen LogP contribution is -1.98. The van der Waals surface area contributed by atoms with E-state index in [1.165, 1.54) is 0 Å². The molecule has 0 aliphatic heterocycles. The quantitative estimate of drug-likeness (QED) is 0.879. The average molecular weight is 304 g/mol. The van der Waals surface area contributed by atoms with E-state index in [-0.39, 0.29) is 0 Å². The minimum Gasteiger partial charge on any atom is -0.384 e. The first kappa shape index (κ1) is 11.1. The molecule has 2 aromatic rings. The number of thiophene rings is 1. The summed E-state index contributed by atoms with van der Waals surface area (Å²) >= 11 is 10.9. The predicted molar refractivity (Wildman–Crippen MR) is 67.5 cm³/mol. The van der Waals surface area contributed by atoms with Crippen LogP contribution in [-0.2, 0) is 0 Å². The number of rotatable bonds is 2. The molecule has 4 heteroatoms. The largest absolute Gasteiger partial charge is 0.384 e. The van der Waals surface area contributed by atoms with Crippen molar-refractivity contribution in [2.45, 2.75) is 6.10 Å². The van der Waals surface area contributed by atoms with Crippen molar-refractivity contribution in [3.8, 4) is 0 Å². The monoisotopic (exact) mass is 302 g/mol. The lowest BCUT2D eigenvalue weighted by molar-refractivity contribution is 0.220. The van der Waals surface area contributed by atoms with Gasteiger partial charge in [-0.05, 0) is 40.6 Å². The fourth-order valence-electron chi connectivity index (χ4n) is 1.33. The molecule has 2 rings (SSSR count). The van der Waals surface area contributed by atoms with Gasteiger partial charge in [0.15, 0.2) is 0 Å². The van der Waals surface area contributed by atoms with Crippen molar-refractivity contribution in [1.82, 2.24) is 0 Å². The maximum absolute atomic E-state index is 10.1. The number of aliphatic hydroxyl groups excluding tert-OH is 1. The topological polar surface area (TPSA) is 20.2 Å². The average Bonchev–Trinajstić information content (AvgIpc) is 2.74. The third kappa shape index (κ3) is 2.42. The molecule has 1 nitrogen and oxygen atoms in total. The van der Waals surface area contributed by atoms with Crippen LogP contribution >= 0.6 is 38.9 Å². The van der Waals surface area contributed by atoms with Gasteiger partial charge < -0.3 is 5.11 Å². The second kappa shape index (κ2) is 4.66. The maximum Gasteiger partial charge on any atom is 0.106 e. The number of aliphatic hydroxyl groups is 1. The first-order valence-electron chi connectivity index (χ1n) is 4.33. The molecular weight excluding hydrogens is 296 g/mol. The Morgan fingerprint density at radius 2 is 2.13 bits per heavy atom. The van der Waals surface area contributed by atoms with Crippen LogP contribution in [0.1, 0.15) is 17.2 Å². The molecule has 0 saturated carbocycles. The Bertz CT molecular complexity index is 456. The molecule has 1 atom stereocenters. The third-order valence-electron chi connectivity index (χ3n) is 2.11. The first-order valence-corrected chi connectivity index (χ1v) is 6.45. The van der Waals surface area contributed by atoms with Crippen LogP contribution in [0.15, 0.2) is 39.5 Å². The van der Waals surface area contributed by atoms with Gasteiger partial charge in [-0.2, -0.15) is 11.3 Å². The van der Waals surface area contributed by atoms with Gasteiger partial charge in [-0.15, -0.1) is 0 Å². The molecule has 0 spiro atoms. The van der Waals surface area contributed by atoms with E-state index in [1.807, 2.05) is 22.9 Å². The summed E-state index contributed by atoms with van der Waals surface area (Å²) in [5.41, 5.74) is 1.68. The number of benzene rings is 1. The smallest absolute Gasteiger partial charge is 0.106 e. The van der Waals surface area contributed by atoms with Crippen molar-refractivity contribution >= 4 is 38.9 Å². The van der Waals surface area contributed by atoms with Crippen LogP contribution in [0.4, 0.5) is 0 Å². The zero-order valence-corrected chi connectivity index (χ0v) is 10.8. The molecule has 1 heterocycles. The normalized spacial score (nSPS) is 12.7. The third-order valence-corrected chi connectivity index (χ3v) is 3.77. The Hall–Kier alpha value is -0.350. The summed E-state index contributed by atoms with van der Waals surface area (Å²) in [7, 11) is 0. The molecule has 0 bridgehead atoms. The first-order chi connectivity index (χ1) is 7.18. The predicted octanol–water partition coefficient (Wildman–Crippen LogP) is 4.25. The zero-order valence-electron chi connectivity index (χ0n) is 7.65. The van der Waals surface area contributed by atoms with E-state index in [2.05, 4.69) is 15.9 Å². The van der Waals surface area contributed by atoms with E-state index in [0.717, 1.165) is 15.6 Å². The number of hydrogen-bond donors (Lipinski definition) is 1. The summed E-state index contributed by atoms with van der Waals surface area (Å²) < 4.78 is 0.866. The van der Waals surface area contributed by atoms with Crippen LogP contribution in [0.25, 0.3) is 0 Å². The lowest BCUT2D eigenvalue weighted by Gasteiger charge is -2.11. The molecule has 0 aliphatic carbocycles. The SMILES string of the molecule is OC(c1ccsc1)c1cc(Cl)ccc1Br. The molecule has 0 aliphatic rings. The van der Waals surface area contributed by atoms with E-state index in [9.17, 15) is 5.11 Å². The second-order valence-corrected chi connectivity index (χ2v) is 5.20. The van der Waals surface area contributed by atoms with Crippen molar-refractivity contribution in [3.63, 3.8) is 0 Å². The van der Waals surface area contributed by atoms with Crippen LogP contribution in [0.2, 0.25) is 5.02 Å². The van der Waals surface area contributed by atoms with Crippen LogP contribution in [0.5, 0.6) is 0 Å². The highest BCUT2D eigenvalue weighted by Gasteiger charge is 2.14. The molecule has 0 fully saturated rings. The van der Waals surface area contributed by atoms with E-state index >= 15 is 0 Å². The molecule has 0 radical (unpaired) electrons. The van der Waals surface area contributed by atoms with Crippen LogP contribution < -0.4 is 0 Å². The van der Waals surface area contributed by atoms with Crippen LogP contribution in [0, 0.1) is 0 Å². The minimum atomic E-state index is -0.621.